The highest BCUT2D eigenvalue weighted by molar-refractivity contribution is 5.77. The molecule has 8 nitrogen and oxygen atoms in total. The third-order valence-electron chi connectivity index (χ3n) is 5.70. The van der Waals surface area contributed by atoms with Crippen molar-refractivity contribution in [3.63, 3.8) is 0 Å². The van der Waals surface area contributed by atoms with Gasteiger partial charge in [0.05, 0.1) is 19.1 Å². The molecule has 1 atom stereocenters. The zero-order valence-electron chi connectivity index (χ0n) is 15.6. The number of likely N-dealkylation sites (tertiary alicyclic amines) is 1. The second kappa shape index (κ2) is 7.25. The molecule has 146 valence electrons. The highest BCUT2D eigenvalue weighted by Gasteiger charge is 2.56. The van der Waals surface area contributed by atoms with Crippen LogP contribution in [0.3, 0.4) is 0 Å². The fourth-order valence-electron chi connectivity index (χ4n) is 3.92. The molecule has 27 heavy (non-hydrogen) atoms. The number of carbonyl (C=O) groups excluding carboxylic acids is 2. The van der Waals surface area contributed by atoms with Gasteiger partial charge in [0, 0.05) is 18.8 Å². The molecule has 0 aromatic carbocycles. The van der Waals surface area contributed by atoms with E-state index in [1.165, 1.54) is 19.3 Å². The molecule has 0 bridgehead atoms. The first kappa shape index (κ1) is 17.9. The van der Waals surface area contributed by atoms with E-state index in [0.717, 1.165) is 18.4 Å². The van der Waals surface area contributed by atoms with Crippen LogP contribution in [0, 0.1) is 0 Å². The highest BCUT2D eigenvalue weighted by Crippen LogP contribution is 2.32. The van der Waals surface area contributed by atoms with Gasteiger partial charge in [-0.05, 0) is 38.2 Å². The lowest BCUT2D eigenvalue weighted by atomic mass is 9.88. The third-order valence-corrected chi connectivity index (χ3v) is 5.70. The molecule has 1 aliphatic carbocycles. The van der Waals surface area contributed by atoms with Crippen LogP contribution < -0.4 is 15.4 Å². The minimum atomic E-state index is -0.575. The molecular weight excluding hydrogens is 348 g/mol. The highest BCUT2D eigenvalue weighted by atomic mass is 16.6. The van der Waals surface area contributed by atoms with Crippen LogP contribution in [0.4, 0.5) is 9.59 Å². The number of hydrogen-bond acceptors (Lipinski definition) is 5. The quantitative estimate of drug-likeness (QED) is 0.843. The molecule has 2 N–H and O–H groups in total. The SMILES string of the molecule is CC1NC(=O)OC12CN(C(=O)NCc1ccc(OC3CCCCC3)nc1)C2. The molecule has 2 saturated heterocycles. The molecule has 0 radical (unpaired) electrons. The molecule has 4 rings (SSSR count). The number of nitrogens with zero attached hydrogens (tertiary/aromatic N) is 2. The summed E-state index contributed by atoms with van der Waals surface area (Å²) < 4.78 is 11.2. The Balaban J connectivity index is 1.22. The van der Waals surface area contributed by atoms with Crippen molar-refractivity contribution >= 4 is 12.1 Å². The number of aromatic nitrogens is 1. The van der Waals surface area contributed by atoms with Crippen LogP contribution in [0.2, 0.25) is 0 Å². The van der Waals surface area contributed by atoms with E-state index < -0.39 is 11.7 Å². The molecule has 1 spiro atoms. The van der Waals surface area contributed by atoms with Crippen LogP contribution in [0.25, 0.3) is 0 Å². The van der Waals surface area contributed by atoms with E-state index in [1.54, 1.807) is 11.1 Å². The normalized spacial score (nSPS) is 24.1. The van der Waals surface area contributed by atoms with Crippen LogP contribution in [-0.4, -0.2) is 52.8 Å². The Labute approximate surface area is 158 Å². The van der Waals surface area contributed by atoms with Crippen molar-refractivity contribution in [2.75, 3.05) is 13.1 Å². The summed E-state index contributed by atoms with van der Waals surface area (Å²) in [7, 11) is 0. The lowest BCUT2D eigenvalue weighted by molar-refractivity contribution is -0.0670. The standard InChI is InChI=1S/C19H26N4O4/c1-13-19(27-18(25)22-13)11-23(12-19)17(24)21-10-14-7-8-16(20-9-14)26-15-5-3-2-4-6-15/h7-9,13,15H,2-6,10-12H2,1H3,(H,21,24)(H,22,25). The second-order valence-corrected chi connectivity index (χ2v) is 7.72. The zero-order valence-corrected chi connectivity index (χ0v) is 15.6. The van der Waals surface area contributed by atoms with Gasteiger partial charge in [0.15, 0.2) is 5.60 Å². The lowest BCUT2D eigenvalue weighted by Gasteiger charge is -2.47. The fraction of sp³-hybridized carbons (Fsp3) is 0.632. The van der Waals surface area contributed by atoms with E-state index in [9.17, 15) is 9.59 Å². The van der Waals surface area contributed by atoms with Crippen molar-refractivity contribution in [1.82, 2.24) is 20.5 Å². The van der Waals surface area contributed by atoms with E-state index in [0.29, 0.717) is 25.5 Å². The fourth-order valence-corrected chi connectivity index (χ4v) is 3.92. The molecule has 3 aliphatic rings. The van der Waals surface area contributed by atoms with Crippen molar-refractivity contribution in [2.24, 2.45) is 0 Å². The number of amides is 3. The van der Waals surface area contributed by atoms with Crippen molar-refractivity contribution < 1.29 is 19.1 Å². The number of urea groups is 1. The van der Waals surface area contributed by atoms with Crippen molar-refractivity contribution in [3.8, 4) is 5.88 Å². The van der Waals surface area contributed by atoms with E-state index in [1.807, 2.05) is 19.1 Å². The molecule has 1 unspecified atom stereocenters. The van der Waals surface area contributed by atoms with E-state index >= 15 is 0 Å². The summed E-state index contributed by atoms with van der Waals surface area (Å²) in [4.78, 5) is 29.6. The number of rotatable bonds is 4. The predicted octanol–water partition coefficient (Wildman–Crippen LogP) is 2.19. The molecule has 3 fully saturated rings. The molecule has 8 heteroatoms. The minimum absolute atomic E-state index is 0.0880. The van der Waals surface area contributed by atoms with Gasteiger partial charge in [0.25, 0.3) is 0 Å². The first-order valence-corrected chi connectivity index (χ1v) is 9.68. The maximum atomic E-state index is 12.3. The maximum absolute atomic E-state index is 12.3. The second-order valence-electron chi connectivity index (χ2n) is 7.72. The number of alkyl carbamates (subject to hydrolysis) is 1. The van der Waals surface area contributed by atoms with Gasteiger partial charge in [-0.1, -0.05) is 12.5 Å². The lowest BCUT2D eigenvalue weighted by Crippen LogP contribution is -2.69. The van der Waals surface area contributed by atoms with E-state index in [2.05, 4.69) is 15.6 Å². The summed E-state index contributed by atoms with van der Waals surface area (Å²) in [5, 5.41) is 5.60. The number of pyridine rings is 1. The molecular formula is C19H26N4O4. The molecule has 2 aliphatic heterocycles. The predicted molar refractivity (Wildman–Crippen MR) is 97.4 cm³/mol. The summed E-state index contributed by atoms with van der Waals surface area (Å²) in [5.41, 5.74) is 0.338. The van der Waals surface area contributed by atoms with E-state index in [4.69, 9.17) is 9.47 Å². The number of carbonyl (C=O) groups is 2. The maximum Gasteiger partial charge on any atom is 0.408 e. The molecule has 1 aromatic rings. The van der Waals surface area contributed by atoms with Gasteiger partial charge in [0.2, 0.25) is 5.88 Å². The smallest absolute Gasteiger partial charge is 0.408 e. The summed E-state index contributed by atoms with van der Waals surface area (Å²) in [5.74, 6) is 0.645. The molecule has 1 aromatic heterocycles. The Hall–Kier alpha value is -2.51. The Morgan fingerprint density at radius 2 is 2.15 bits per heavy atom. The first-order chi connectivity index (χ1) is 13.0. The molecule has 1 saturated carbocycles. The summed E-state index contributed by atoms with van der Waals surface area (Å²) in [6.07, 6.45) is 7.53. The van der Waals surface area contributed by atoms with Crippen LogP contribution in [-0.2, 0) is 11.3 Å². The largest absolute Gasteiger partial charge is 0.474 e. The van der Waals surface area contributed by atoms with Crippen LogP contribution in [0.15, 0.2) is 18.3 Å². The van der Waals surface area contributed by atoms with E-state index in [-0.39, 0.29) is 18.2 Å². The Morgan fingerprint density at radius 1 is 1.37 bits per heavy atom. The first-order valence-electron chi connectivity index (χ1n) is 9.68. The average molecular weight is 374 g/mol. The van der Waals surface area contributed by atoms with Gasteiger partial charge in [0.1, 0.15) is 6.10 Å². The van der Waals surface area contributed by atoms with Crippen LogP contribution in [0.5, 0.6) is 5.88 Å². The van der Waals surface area contributed by atoms with Gasteiger partial charge < -0.3 is 25.0 Å². The topological polar surface area (TPSA) is 92.8 Å². The number of nitrogens with one attached hydrogen (secondary N) is 2. The summed E-state index contributed by atoms with van der Waals surface area (Å²) >= 11 is 0. The van der Waals surface area contributed by atoms with Crippen molar-refractivity contribution in [2.45, 2.75) is 63.3 Å². The van der Waals surface area contributed by atoms with Gasteiger partial charge in [-0.2, -0.15) is 0 Å². The Bertz CT molecular complexity index is 696. The third kappa shape index (κ3) is 3.79. The minimum Gasteiger partial charge on any atom is -0.474 e. The van der Waals surface area contributed by atoms with Crippen LogP contribution >= 0.6 is 0 Å². The number of hydrogen-bond donors (Lipinski definition) is 2. The number of ether oxygens (including phenoxy) is 2. The summed E-state index contributed by atoms with van der Waals surface area (Å²) in [6.45, 7) is 3.10. The zero-order chi connectivity index (χ0) is 18.9. The average Bonchev–Trinajstić information content (AvgIpc) is 2.95. The van der Waals surface area contributed by atoms with Gasteiger partial charge in [-0.25, -0.2) is 14.6 Å². The Morgan fingerprint density at radius 3 is 2.78 bits per heavy atom. The van der Waals surface area contributed by atoms with Crippen LogP contribution in [0.1, 0.15) is 44.6 Å². The van der Waals surface area contributed by atoms with Gasteiger partial charge >= 0.3 is 12.1 Å². The molecule has 3 amide bonds. The molecule has 3 heterocycles. The van der Waals surface area contributed by atoms with Gasteiger partial charge in [-0.15, -0.1) is 0 Å². The van der Waals surface area contributed by atoms with Gasteiger partial charge in [-0.3, -0.25) is 0 Å². The Kier molecular flexibility index (Phi) is 4.80. The van der Waals surface area contributed by atoms with Crippen molar-refractivity contribution in [1.29, 1.82) is 0 Å². The van der Waals surface area contributed by atoms with Crippen molar-refractivity contribution in [3.05, 3.63) is 23.9 Å². The monoisotopic (exact) mass is 374 g/mol. The summed E-state index contributed by atoms with van der Waals surface area (Å²) in [6, 6.07) is 3.53.